The fourth-order valence-corrected chi connectivity index (χ4v) is 4.71. The third kappa shape index (κ3) is 3.10. The molecule has 0 amide bonds. The van der Waals surface area contributed by atoms with Gasteiger partial charge in [-0.3, -0.25) is 0 Å². The van der Waals surface area contributed by atoms with Crippen molar-refractivity contribution in [2.45, 2.75) is 51.0 Å². The van der Waals surface area contributed by atoms with Crippen LogP contribution in [-0.4, -0.2) is 40.6 Å². The van der Waals surface area contributed by atoms with E-state index in [0.717, 1.165) is 43.0 Å². The van der Waals surface area contributed by atoms with E-state index < -0.39 is 10.0 Å². The third-order valence-electron chi connectivity index (χ3n) is 4.54. The first-order chi connectivity index (χ1) is 11.6. The Morgan fingerprint density at radius 3 is 2.67 bits per heavy atom. The molecule has 24 heavy (non-hydrogen) atoms. The molecule has 0 saturated carbocycles. The van der Waals surface area contributed by atoms with E-state index in [2.05, 4.69) is 14.8 Å². The van der Waals surface area contributed by atoms with Crippen molar-refractivity contribution in [1.82, 2.24) is 19.1 Å². The van der Waals surface area contributed by atoms with Crippen molar-refractivity contribution in [1.29, 1.82) is 0 Å². The molecule has 1 aromatic heterocycles. The Morgan fingerprint density at radius 1 is 1.12 bits per heavy atom. The molecule has 0 N–H and O–H groups in total. The summed E-state index contributed by atoms with van der Waals surface area (Å²) < 4.78 is 29.1. The summed E-state index contributed by atoms with van der Waals surface area (Å²) in [5.41, 5.74) is 0.809. The molecule has 0 saturated heterocycles. The van der Waals surface area contributed by atoms with Gasteiger partial charge in [0.05, 0.1) is 4.90 Å². The van der Waals surface area contributed by atoms with Gasteiger partial charge < -0.3 is 4.57 Å². The van der Waals surface area contributed by atoms with Crippen LogP contribution in [0.1, 0.15) is 38.9 Å². The van der Waals surface area contributed by atoms with Crippen molar-refractivity contribution in [3.05, 3.63) is 30.1 Å². The van der Waals surface area contributed by atoms with Crippen molar-refractivity contribution in [3.63, 3.8) is 0 Å². The summed E-state index contributed by atoms with van der Waals surface area (Å²) in [4.78, 5) is 0.315. The molecular formula is C17H24N4O2S. The van der Waals surface area contributed by atoms with Gasteiger partial charge in [-0.05, 0) is 25.0 Å². The Hall–Kier alpha value is -1.73. The molecule has 7 heteroatoms. The lowest BCUT2D eigenvalue weighted by molar-refractivity contribution is 0.445. The summed E-state index contributed by atoms with van der Waals surface area (Å²) in [6.45, 7) is 5.52. The van der Waals surface area contributed by atoms with E-state index >= 15 is 0 Å². The van der Waals surface area contributed by atoms with E-state index in [1.54, 1.807) is 18.2 Å². The number of aromatic nitrogens is 3. The van der Waals surface area contributed by atoms with Crippen LogP contribution in [0.4, 0.5) is 0 Å². The predicted molar refractivity (Wildman–Crippen MR) is 93.1 cm³/mol. The summed E-state index contributed by atoms with van der Waals surface area (Å²) >= 11 is 0. The Morgan fingerprint density at radius 2 is 1.92 bits per heavy atom. The van der Waals surface area contributed by atoms with Gasteiger partial charge in [-0.25, -0.2) is 8.42 Å². The SMILES string of the molecule is CCN(CC)S(=O)(=O)c1cccc(-c2nnc3n2CCCCC3)c1. The standard InChI is InChI=1S/C17H24N4O2S/c1-3-20(4-2)24(22,23)15-10-8-9-14(13-15)17-19-18-16-11-6-5-7-12-21(16)17/h8-10,13H,3-7,11-12H2,1-2H3. The maximum atomic E-state index is 12.7. The van der Waals surface area contributed by atoms with Crippen LogP contribution >= 0.6 is 0 Å². The lowest BCUT2D eigenvalue weighted by Crippen LogP contribution is -2.30. The van der Waals surface area contributed by atoms with Gasteiger partial charge in [0.15, 0.2) is 5.82 Å². The molecule has 0 fully saturated rings. The largest absolute Gasteiger partial charge is 0.311 e. The van der Waals surface area contributed by atoms with Gasteiger partial charge in [0.25, 0.3) is 0 Å². The van der Waals surface area contributed by atoms with Gasteiger partial charge in [-0.2, -0.15) is 4.31 Å². The molecule has 1 aliphatic rings. The maximum Gasteiger partial charge on any atom is 0.243 e. The average Bonchev–Trinajstić information content (AvgIpc) is 2.84. The molecule has 0 spiro atoms. The lowest BCUT2D eigenvalue weighted by Gasteiger charge is -2.18. The monoisotopic (exact) mass is 348 g/mol. The second-order valence-corrected chi connectivity index (χ2v) is 7.96. The first-order valence-electron chi connectivity index (χ1n) is 8.60. The van der Waals surface area contributed by atoms with Crippen molar-refractivity contribution in [2.75, 3.05) is 13.1 Å². The van der Waals surface area contributed by atoms with Crippen LogP contribution in [0.3, 0.4) is 0 Å². The van der Waals surface area contributed by atoms with E-state index in [-0.39, 0.29) is 0 Å². The normalized spacial score (nSPS) is 15.3. The van der Waals surface area contributed by atoms with Crippen LogP contribution in [0.2, 0.25) is 0 Å². The van der Waals surface area contributed by atoms with Crippen LogP contribution in [-0.2, 0) is 23.0 Å². The minimum absolute atomic E-state index is 0.315. The van der Waals surface area contributed by atoms with Gasteiger partial charge >= 0.3 is 0 Å². The number of aryl methyl sites for hydroxylation is 1. The van der Waals surface area contributed by atoms with Gasteiger partial charge in [-0.1, -0.05) is 32.4 Å². The number of hydrogen-bond acceptors (Lipinski definition) is 4. The highest BCUT2D eigenvalue weighted by molar-refractivity contribution is 7.89. The summed E-state index contributed by atoms with van der Waals surface area (Å²) in [6, 6.07) is 7.06. The summed E-state index contributed by atoms with van der Waals surface area (Å²) in [5, 5.41) is 8.63. The van der Waals surface area contributed by atoms with Crippen LogP contribution in [0.5, 0.6) is 0 Å². The van der Waals surface area contributed by atoms with Crippen molar-refractivity contribution in [3.8, 4) is 11.4 Å². The highest BCUT2D eigenvalue weighted by atomic mass is 32.2. The molecule has 0 atom stereocenters. The minimum atomic E-state index is -3.47. The van der Waals surface area contributed by atoms with E-state index in [4.69, 9.17) is 0 Å². The Kier molecular flexibility index (Phi) is 5.01. The minimum Gasteiger partial charge on any atom is -0.311 e. The fraction of sp³-hybridized carbons (Fsp3) is 0.529. The number of nitrogens with zero attached hydrogens (tertiary/aromatic N) is 4. The fourth-order valence-electron chi connectivity index (χ4n) is 3.21. The van der Waals surface area contributed by atoms with Crippen molar-refractivity contribution < 1.29 is 8.42 Å². The molecule has 2 heterocycles. The van der Waals surface area contributed by atoms with E-state index in [1.807, 2.05) is 19.9 Å². The first-order valence-corrected chi connectivity index (χ1v) is 10.0. The van der Waals surface area contributed by atoms with Crippen LogP contribution in [0.15, 0.2) is 29.2 Å². The molecule has 0 unspecified atom stereocenters. The van der Waals surface area contributed by atoms with Crippen LogP contribution in [0, 0.1) is 0 Å². The predicted octanol–water partition coefficient (Wildman–Crippen LogP) is 2.70. The van der Waals surface area contributed by atoms with Crippen LogP contribution in [0.25, 0.3) is 11.4 Å². The molecule has 0 bridgehead atoms. The summed E-state index contributed by atoms with van der Waals surface area (Å²) in [6.07, 6.45) is 4.37. The van der Waals surface area contributed by atoms with Gasteiger partial charge in [0.2, 0.25) is 10.0 Å². The third-order valence-corrected chi connectivity index (χ3v) is 6.59. The molecule has 130 valence electrons. The zero-order valence-electron chi connectivity index (χ0n) is 14.3. The van der Waals surface area contributed by atoms with Crippen molar-refractivity contribution in [2.24, 2.45) is 0 Å². The van der Waals surface area contributed by atoms with Gasteiger partial charge in [-0.15, -0.1) is 10.2 Å². The number of hydrogen-bond donors (Lipinski definition) is 0. The number of rotatable bonds is 5. The zero-order chi connectivity index (χ0) is 17.2. The molecule has 0 aliphatic carbocycles. The number of sulfonamides is 1. The topological polar surface area (TPSA) is 68.1 Å². The lowest BCUT2D eigenvalue weighted by atomic mass is 10.2. The second-order valence-electron chi connectivity index (χ2n) is 6.02. The maximum absolute atomic E-state index is 12.7. The molecule has 0 radical (unpaired) electrons. The molecule has 1 aliphatic heterocycles. The molecule has 1 aromatic carbocycles. The quantitative estimate of drug-likeness (QED) is 0.833. The highest BCUT2D eigenvalue weighted by Crippen LogP contribution is 2.25. The second kappa shape index (κ2) is 7.03. The van der Waals surface area contributed by atoms with E-state index in [9.17, 15) is 8.42 Å². The van der Waals surface area contributed by atoms with Crippen molar-refractivity contribution >= 4 is 10.0 Å². The molecule has 2 aromatic rings. The van der Waals surface area contributed by atoms with Gasteiger partial charge in [0, 0.05) is 31.6 Å². The van der Waals surface area contributed by atoms with E-state index in [1.165, 1.54) is 10.7 Å². The number of fused-ring (bicyclic) bond motifs is 1. The first kappa shape index (κ1) is 17.1. The van der Waals surface area contributed by atoms with Crippen LogP contribution < -0.4 is 0 Å². The average molecular weight is 348 g/mol. The zero-order valence-corrected chi connectivity index (χ0v) is 15.1. The Balaban J connectivity index is 2.02. The summed E-state index contributed by atoms with van der Waals surface area (Å²) in [5.74, 6) is 1.77. The summed E-state index contributed by atoms with van der Waals surface area (Å²) in [7, 11) is -3.47. The number of benzene rings is 1. The molecule has 3 rings (SSSR count). The Bertz CT molecular complexity index is 810. The van der Waals surface area contributed by atoms with Gasteiger partial charge in [0.1, 0.15) is 5.82 Å². The Labute approximate surface area is 143 Å². The van der Waals surface area contributed by atoms with E-state index in [0.29, 0.717) is 18.0 Å². The smallest absolute Gasteiger partial charge is 0.243 e. The highest BCUT2D eigenvalue weighted by Gasteiger charge is 2.23. The molecular weight excluding hydrogens is 324 g/mol. The molecule has 6 nitrogen and oxygen atoms in total.